The van der Waals surface area contributed by atoms with Gasteiger partial charge in [0.05, 0.1) is 5.69 Å². The highest BCUT2D eigenvalue weighted by Crippen LogP contribution is 2.32. The molecule has 1 saturated carbocycles. The number of hydrogen-bond donors (Lipinski definition) is 1. The van der Waals surface area contributed by atoms with Crippen LogP contribution in [0, 0.1) is 11.7 Å². The van der Waals surface area contributed by atoms with Crippen LogP contribution in [0.5, 0.6) is 0 Å². The van der Waals surface area contributed by atoms with E-state index in [9.17, 15) is 4.39 Å². The van der Waals surface area contributed by atoms with Crippen molar-refractivity contribution >= 4 is 5.69 Å². The van der Waals surface area contributed by atoms with Crippen molar-refractivity contribution in [3.63, 3.8) is 0 Å². The van der Waals surface area contributed by atoms with E-state index in [4.69, 9.17) is 0 Å². The Morgan fingerprint density at radius 3 is 2.50 bits per heavy atom. The van der Waals surface area contributed by atoms with Crippen LogP contribution in [0.1, 0.15) is 44.6 Å². The van der Waals surface area contributed by atoms with E-state index in [2.05, 4.69) is 17.1 Å². The normalized spacial score (nSPS) is 22.8. The number of benzene rings is 1. The first-order valence-corrected chi connectivity index (χ1v) is 7.81. The summed E-state index contributed by atoms with van der Waals surface area (Å²) in [4.78, 5) is 2.14. The van der Waals surface area contributed by atoms with Gasteiger partial charge in [-0.05, 0) is 56.3 Å². The molecule has 0 aliphatic heterocycles. The second-order valence-corrected chi connectivity index (χ2v) is 6.01. The second kappa shape index (κ2) is 7.07. The Bertz CT molecular complexity index is 425. The molecule has 3 heteroatoms. The van der Waals surface area contributed by atoms with Gasteiger partial charge in [-0.1, -0.05) is 19.4 Å². The van der Waals surface area contributed by atoms with Gasteiger partial charge in [-0.2, -0.15) is 0 Å². The van der Waals surface area contributed by atoms with Crippen LogP contribution in [0.15, 0.2) is 18.2 Å². The van der Waals surface area contributed by atoms with Crippen molar-refractivity contribution in [1.82, 2.24) is 5.32 Å². The second-order valence-electron chi connectivity index (χ2n) is 6.01. The fourth-order valence-corrected chi connectivity index (χ4v) is 3.29. The number of halogens is 1. The van der Waals surface area contributed by atoms with Crippen LogP contribution >= 0.6 is 0 Å². The van der Waals surface area contributed by atoms with Crippen LogP contribution in [0.2, 0.25) is 0 Å². The smallest absolute Gasteiger partial charge is 0.146 e. The molecule has 0 spiro atoms. The zero-order valence-electron chi connectivity index (χ0n) is 13.0. The lowest BCUT2D eigenvalue weighted by Gasteiger charge is -2.36. The Balaban J connectivity index is 2.03. The molecule has 112 valence electrons. The van der Waals surface area contributed by atoms with E-state index in [0.717, 1.165) is 17.2 Å². The molecular weight excluding hydrogens is 251 g/mol. The largest absolute Gasteiger partial charge is 0.369 e. The highest BCUT2D eigenvalue weighted by molar-refractivity contribution is 5.49. The van der Waals surface area contributed by atoms with Crippen molar-refractivity contribution in [3.05, 3.63) is 29.6 Å². The lowest BCUT2D eigenvalue weighted by atomic mass is 9.84. The Morgan fingerprint density at radius 2 is 1.95 bits per heavy atom. The Labute approximate surface area is 122 Å². The molecule has 0 atom stereocenters. The standard InChI is InChI=1S/C17H27FN2/c1-4-13-5-8-15(9-6-13)20(3)17-10-7-14(12-19-2)11-16(17)18/h7,10-11,13,15,19H,4-6,8-9,12H2,1-3H3. The maximum Gasteiger partial charge on any atom is 0.146 e. The van der Waals surface area contributed by atoms with Crippen molar-refractivity contribution in [2.45, 2.75) is 51.6 Å². The Morgan fingerprint density at radius 1 is 1.25 bits per heavy atom. The van der Waals surface area contributed by atoms with E-state index in [-0.39, 0.29) is 5.82 Å². The summed E-state index contributed by atoms with van der Waals surface area (Å²) in [7, 11) is 3.91. The molecule has 0 heterocycles. The highest BCUT2D eigenvalue weighted by atomic mass is 19.1. The third kappa shape index (κ3) is 3.51. The maximum absolute atomic E-state index is 14.3. The zero-order chi connectivity index (χ0) is 14.5. The predicted octanol–water partition coefficient (Wildman–Crippen LogP) is 3.95. The summed E-state index contributed by atoms with van der Waals surface area (Å²) in [5.41, 5.74) is 1.74. The third-order valence-corrected chi connectivity index (χ3v) is 4.71. The van der Waals surface area contributed by atoms with E-state index in [0.29, 0.717) is 12.6 Å². The molecule has 0 bridgehead atoms. The Kier molecular flexibility index (Phi) is 5.41. The van der Waals surface area contributed by atoms with Gasteiger partial charge in [0.25, 0.3) is 0 Å². The highest BCUT2D eigenvalue weighted by Gasteiger charge is 2.24. The quantitative estimate of drug-likeness (QED) is 0.877. The van der Waals surface area contributed by atoms with Gasteiger partial charge in [0.15, 0.2) is 0 Å². The number of nitrogens with zero attached hydrogens (tertiary/aromatic N) is 1. The van der Waals surface area contributed by atoms with Gasteiger partial charge < -0.3 is 10.2 Å². The van der Waals surface area contributed by atoms with E-state index < -0.39 is 0 Å². The van der Waals surface area contributed by atoms with E-state index in [1.54, 1.807) is 6.07 Å². The minimum atomic E-state index is -0.0992. The fraction of sp³-hybridized carbons (Fsp3) is 0.647. The molecule has 1 N–H and O–H groups in total. The van der Waals surface area contributed by atoms with Crippen molar-refractivity contribution in [2.75, 3.05) is 19.0 Å². The van der Waals surface area contributed by atoms with Gasteiger partial charge in [-0.3, -0.25) is 0 Å². The fourth-order valence-electron chi connectivity index (χ4n) is 3.29. The monoisotopic (exact) mass is 278 g/mol. The molecule has 1 aromatic carbocycles. The van der Waals surface area contributed by atoms with Gasteiger partial charge in [0.2, 0.25) is 0 Å². The first-order valence-electron chi connectivity index (χ1n) is 7.81. The minimum absolute atomic E-state index is 0.0992. The van der Waals surface area contributed by atoms with E-state index >= 15 is 0 Å². The average Bonchev–Trinajstić information content (AvgIpc) is 2.47. The summed E-state index contributed by atoms with van der Waals surface area (Å²) in [6.07, 6.45) is 6.22. The summed E-state index contributed by atoms with van der Waals surface area (Å²) in [6, 6.07) is 6.08. The molecule has 1 fully saturated rings. The van der Waals surface area contributed by atoms with Gasteiger partial charge in [-0.15, -0.1) is 0 Å². The SMILES string of the molecule is CCC1CCC(N(C)c2ccc(CNC)cc2F)CC1. The van der Waals surface area contributed by atoms with Gasteiger partial charge in [-0.25, -0.2) is 4.39 Å². The molecule has 0 radical (unpaired) electrons. The lowest BCUT2D eigenvalue weighted by Crippen LogP contribution is -2.35. The molecule has 1 aliphatic carbocycles. The van der Waals surface area contributed by atoms with Gasteiger partial charge >= 0.3 is 0 Å². The summed E-state index contributed by atoms with van der Waals surface area (Å²) in [5, 5.41) is 3.05. The average molecular weight is 278 g/mol. The van der Waals surface area contributed by atoms with Crippen molar-refractivity contribution in [2.24, 2.45) is 5.92 Å². The molecule has 2 nitrogen and oxygen atoms in total. The van der Waals surface area contributed by atoms with Crippen LogP contribution in [0.3, 0.4) is 0 Å². The van der Waals surface area contributed by atoms with Crippen molar-refractivity contribution in [1.29, 1.82) is 0 Å². The molecule has 0 aromatic heterocycles. The molecule has 1 aromatic rings. The number of anilines is 1. The molecule has 0 amide bonds. The van der Waals surface area contributed by atoms with Crippen LogP contribution in [0.4, 0.5) is 10.1 Å². The van der Waals surface area contributed by atoms with Crippen LogP contribution in [-0.4, -0.2) is 20.1 Å². The molecule has 0 unspecified atom stereocenters. The van der Waals surface area contributed by atoms with Crippen molar-refractivity contribution < 1.29 is 4.39 Å². The van der Waals surface area contributed by atoms with Crippen LogP contribution < -0.4 is 10.2 Å². The zero-order valence-corrected chi connectivity index (χ0v) is 13.0. The lowest BCUT2D eigenvalue weighted by molar-refractivity contribution is 0.312. The number of hydrogen-bond acceptors (Lipinski definition) is 2. The number of rotatable bonds is 5. The molecular formula is C17H27FN2. The predicted molar refractivity (Wildman–Crippen MR) is 83.6 cm³/mol. The number of nitrogens with one attached hydrogen (secondary N) is 1. The summed E-state index contributed by atoms with van der Waals surface area (Å²) in [6.45, 7) is 2.98. The van der Waals surface area contributed by atoms with Gasteiger partial charge in [0, 0.05) is 19.6 Å². The summed E-state index contributed by atoms with van der Waals surface area (Å²) < 4.78 is 14.3. The minimum Gasteiger partial charge on any atom is -0.369 e. The molecule has 1 aliphatic rings. The first-order chi connectivity index (χ1) is 9.65. The maximum atomic E-state index is 14.3. The van der Waals surface area contributed by atoms with Crippen LogP contribution in [0.25, 0.3) is 0 Å². The molecule has 20 heavy (non-hydrogen) atoms. The Hall–Kier alpha value is -1.09. The summed E-state index contributed by atoms with van der Waals surface area (Å²) >= 11 is 0. The summed E-state index contributed by atoms with van der Waals surface area (Å²) in [5.74, 6) is 0.778. The van der Waals surface area contributed by atoms with E-state index in [1.807, 2.05) is 26.2 Å². The van der Waals surface area contributed by atoms with Gasteiger partial charge in [0.1, 0.15) is 5.82 Å². The first kappa shape index (κ1) is 15.3. The van der Waals surface area contributed by atoms with Crippen LogP contribution in [-0.2, 0) is 6.54 Å². The third-order valence-electron chi connectivity index (χ3n) is 4.71. The molecule has 0 saturated heterocycles. The topological polar surface area (TPSA) is 15.3 Å². The molecule has 2 rings (SSSR count). The van der Waals surface area contributed by atoms with Crippen molar-refractivity contribution in [3.8, 4) is 0 Å². The van der Waals surface area contributed by atoms with E-state index in [1.165, 1.54) is 32.1 Å².